The molecular formula is C6H10N2O. The van der Waals surface area contributed by atoms with Crippen molar-refractivity contribution in [2.45, 2.75) is 6.92 Å². The van der Waals surface area contributed by atoms with Gasteiger partial charge in [0, 0.05) is 6.20 Å². The Kier molecular flexibility index (Phi) is 3.20. The summed E-state index contributed by atoms with van der Waals surface area (Å²) in [5.74, 6) is 0.0925. The summed E-state index contributed by atoms with van der Waals surface area (Å²) in [6.45, 7) is 4.70. The van der Waals surface area contributed by atoms with Crippen LogP contribution in [0, 0.1) is 0 Å². The van der Waals surface area contributed by atoms with Gasteiger partial charge in [0.2, 0.25) is 0 Å². The van der Waals surface area contributed by atoms with Crippen molar-refractivity contribution in [3.05, 3.63) is 23.7 Å². The van der Waals surface area contributed by atoms with Crippen molar-refractivity contribution in [3.63, 3.8) is 0 Å². The molecule has 3 heteroatoms. The molecule has 0 aromatic carbocycles. The lowest BCUT2D eigenvalue weighted by atomic mass is 10.4. The molecule has 0 aliphatic heterocycles. The van der Waals surface area contributed by atoms with E-state index in [2.05, 4.69) is 11.7 Å². The molecular weight excluding hydrogens is 116 g/mol. The van der Waals surface area contributed by atoms with Crippen LogP contribution in [0.4, 0.5) is 0 Å². The first-order chi connectivity index (χ1) is 4.18. The Morgan fingerprint density at radius 3 is 2.67 bits per heavy atom. The van der Waals surface area contributed by atoms with Crippen LogP contribution in [0.15, 0.2) is 28.7 Å². The summed E-state index contributed by atoms with van der Waals surface area (Å²) < 4.78 is 0. The molecule has 0 amide bonds. The molecule has 0 fully saturated rings. The highest BCUT2D eigenvalue weighted by Crippen LogP contribution is 1.93. The van der Waals surface area contributed by atoms with E-state index in [1.165, 1.54) is 19.2 Å². The minimum atomic E-state index is 0.0925. The fourth-order valence-electron chi connectivity index (χ4n) is 0.254. The Balaban J connectivity index is 4.06. The van der Waals surface area contributed by atoms with Gasteiger partial charge in [0.25, 0.3) is 0 Å². The number of aliphatic imine (C=N–C) groups is 1. The van der Waals surface area contributed by atoms with Crippen molar-refractivity contribution >= 4 is 6.72 Å². The van der Waals surface area contributed by atoms with Crippen LogP contribution in [-0.4, -0.2) is 11.8 Å². The van der Waals surface area contributed by atoms with Crippen molar-refractivity contribution in [2.24, 2.45) is 10.7 Å². The van der Waals surface area contributed by atoms with E-state index in [0.717, 1.165) is 0 Å². The van der Waals surface area contributed by atoms with Gasteiger partial charge in [0.05, 0.1) is 5.70 Å². The molecule has 0 atom stereocenters. The summed E-state index contributed by atoms with van der Waals surface area (Å²) >= 11 is 0. The molecule has 0 saturated heterocycles. The number of hydrogen-bond acceptors (Lipinski definition) is 3. The first-order valence-corrected chi connectivity index (χ1v) is 2.46. The number of nitrogens with zero attached hydrogens (tertiary/aromatic N) is 1. The SMILES string of the molecule is C=N/C=C\C(N)=C(/C)O. The van der Waals surface area contributed by atoms with Crippen molar-refractivity contribution in [2.75, 3.05) is 0 Å². The number of allylic oxidation sites excluding steroid dienone is 2. The van der Waals surface area contributed by atoms with Gasteiger partial charge in [-0.25, -0.2) is 0 Å². The fraction of sp³-hybridized carbons (Fsp3) is 0.167. The zero-order valence-corrected chi connectivity index (χ0v) is 5.33. The zero-order valence-electron chi connectivity index (χ0n) is 5.33. The molecule has 0 aliphatic carbocycles. The molecule has 3 N–H and O–H groups in total. The molecule has 0 bridgehead atoms. The van der Waals surface area contributed by atoms with Crippen molar-refractivity contribution in [1.82, 2.24) is 0 Å². The van der Waals surface area contributed by atoms with E-state index in [0.29, 0.717) is 5.70 Å². The Bertz CT molecular complexity index is 154. The standard InChI is InChI=1S/C6H10N2O/c1-5(9)6(7)3-4-8-2/h3-4,9H,2,7H2,1H3/b4-3-,6-5-. The highest BCUT2D eigenvalue weighted by molar-refractivity contribution is 5.27. The molecule has 50 valence electrons. The predicted molar refractivity (Wildman–Crippen MR) is 38.2 cm³/mol. The normalized spacial score (nSPS) is 13.4. The van der Waals surface area contributed by atoms with Gasteiger partial charge in [-0.15, -0.1) is 0 Å². The maximum Gasteiger partial charge on any atom is 0.112 e. The predicted octanol–water partition coefficient (Wildman–Crippen LogP) is 0.949. The molecule has 0 rings (SSSR count). The zero-order chi connectivity index (χ0) is 7.28. The van der Waals surface area contributed by atoms with E-state index in [9.17, 15) is 0 Å². The first kappa shape index (κ1) is 7.75. The summed E-state index contributed by atoms with van der Waals surface area (Å²) in [4.78, 5) is 3.40. The van der Waals surface area contributed by atoms with E-state index in [4.69, 9.17) is 10.8 Å². The van der Waals surface area contributed by atoms with E-state index < -0.39 is 0 Å². The quantitative estimate of drug-likeness (QED) is 0.329. The van der Waals surface area contributed by atoms with Crippen molar-refractivity contribution in [3.8, 4) is 0 Å². The Hall–Kier alpha value is -1.25. The third-order valence-corrected chi connectivity index (χ3v) is 0.777. The van der Waals surface area contributed by atoms with Crippen molar-refractivity contribution in [1.29, 1.82) is 0 Å². The second kappa shape index (κ2) is 3.72. The first-order valence-electron chi connectivity index (χ1n) is 2.46. The smallest absolute Gasteiger partial charge is 0.112 e. The minimum absolute atomic E-state index is 0.0925. The van der Waals surface area contributed by atoms with E-state index in [1.807, 2.05) is 0 Å². The van der Waals surface area contributed by atoms with Gasteiger partial charge >= 0.3 is 0 Å². The van der Waals surface area contributed by atoms with Crippen molar-refractivity contribution < 1.29 is 5.11 Å². The lowest BCUT2D eigenvalue weighted by Gasteiger charge is -1.91. The Morgan fingerprint density at radius 2 is 2.33 bits per heavy atom. The molecule has 0 heterocycles. The second-order valence-electron chi connectivity index (χ2n) is 1.54. The topological polar surface area (TPSA) is 58.6 Å². The van der Waals surface area contributed by atoms with Gasteiger partial charge in [-0.3, -0.25) is 4.99 Å². The second-order valence-corrected chi connectivity index (χ2v) is 1.54. The number of nitrogens with two attached hydrogens (primary N) is 1. The van der Waals surface area contributed by atoms with E-state index in [-0.39, 0.29) is 5.76 Å². The van der Waals surface area contributed by atoms with E-state index in [1.54, 1.807) is 0 Å². The van der Waals surface area contributed by atoms with Crippen LogP contribution in [0.3, 0.4) is 0 Å². The highest BCUT2D eigenvalue weighted by atomic mass is 16.3. The summed E-state index contributed by atoms with van der Waals surface area (Å²) in [7, 11) is 0. The highest BCUT2D eigenvalue weighted by Gasteiger charge is 1.85. The lowest BCUT2D eigenvalue weighted by molar-refractivity contribution is 0.408. The summed E-state index contributed by atoms with van der Waals surface area (Å²) in [6, 6.07) is 0. The molecule has 3 nitrogen and oxygen atoms in total. The average molecular weight is 126 g/mol. The number of aliphatic hydroxyl groups excluding tert-OH is 1. The van der Waals surface area contributed by atoms with Crippen LogP contribution in [0.1, 0.15) is 6.92 Å². The molecule has 0 saturated carbocycles. The van der Waals surface area contributed by atoms with E-state index >= 15 is 0 Å². The monoisotopic (exact) mass is 126 g/mol. The largest absolute Gasteiger partial charge is 0.510 e. The number of hydrogen-bond donors (Lipinski definition) is 2. The minimum Gasteiger partial charge on any atom is -0.510 e. The van der Waals surface area contributed by atoms with Gasteiger partial charge in [-0.05, 0) is 19.7 Å². The molecule has 0 aromatic heterocycles. The van der Waals surface area contributed by atoms with Gasteiger partial charge < -0.3 is 10.8 Å². The maximum atomic E-state index is 8.69. The molecule has 0 unspecified atom stereocenters. The van der Waals surface area contributed by atoms with Crippen LogP contribution < -0.4 is 5.73 Å². The number of rotatable bonds is 2. The average Bonchev–Trinajstić information content (AvgIpc) is 1.82. The Labute approximate surface area is 54.2 Å². The lowest BCUT2D eigenvalue weighted by Crippen LogP contribution is -1.95. The van der Waals surface area contributed by atoms with Crippen LogP contribution >= 0.6 is 0 Å². The van der Waals surface area contributed by atoms with Gasteiger partial charge in [0.1, 0.15) is 5.76 Å². The molecule has 0 radical (unpaired) electrons. The molecule has 9 heavy (non-hydrogen) atoms. The van der Waals surface area contributed by atoms with Gasteiger partial charge in [0.15, 0.2) is 0 Å². The van der Waals surface area contributed by atoms with Gasteiger partial charge in [-0.2, -0.15) is 0 Å². The van der Waals surface area contributed by atoms with Gasteiger partial charge in [-0.1, -0.05) is 0 Å². The summed E-state index contributed by atoms with van der Waals surface area (Å²) in [6.07, 6.45) is 2.89. The van der Waals surface area contributed by atoms with Crippen LogP contribution in [-0.2, 0) is 0 Å². The molecule has 0 spiro atoms. The van der Waals surface area contributed by atoms with Crippen LogP contribution in [0.25, 0.3) is 0 Å². The van der Waals surface area contributed by atoms with Crippen LogP contribution in [0.5, 0.6) is 0 Å². The summed E-state index contributed by atoms with van der Waals surface area (Å²) in [5.41, 5.74) is 5.57. The van der Waals surface area contributed by atoms with Crippen LogP contribution in [0.2, 0.25) is 0 Å². The summed E-state index contributed by atoms with van der Waals surface area (Å²) in [5, 5.41) is 8.69. The number of aliphatic hydroxyl groups is 1. The third-order valence-electron chi connectivity index (χ3n) is 0.777. The fourth-order valence-corrected chi connectivity index (χ4v) is 0.254. The molecule has 0 aliphatic rings. The Morgan fingerprint density at radius 1 is 1.78 bits per heavy atom. The third kappa shape index (κ3) is 3.34. The maximum absolute atomic E-state index is 8.69. The molecule has 0 aromatic rings.